The van der Waals surface area contributed by atoms with E-state index in [1.54, 1.807) is 0 Å². The van der Waals surface area contributed by atoms with Crippen LogP contribution in [-0.4, -0.2) is 31.5 Å². The van der Waals surface area contributed by atoms with E-state index in [2.05, 4.69) is 52.4 Å². The molecule has 0 unspecified atom stereocenters. The molecule has 154 valence electrons. The standard InChI is InChI=1S/C22H23N5O2S/c1-5-28-19-9-7-6-8-18(19)21-23-20(29-26-21)13-30-22-25-24-16(4)27(22)17-11-10-14(2)15(3)12-17/h6-12H,5,13H2,1-4H3. The van der Waals surface area contributed by atoms with Gasteiger partial charge in [-0.05, 0) is 63.1 Å². The maximum atomic E-state index is 5.67. The summed E-state index contributed by atoms with van der Waals surface area (Å²) in [5, 5.41) is 13.5. The Balaban J connectivity index is 1.54. The first-order valence-electron chi connectivity index (χ1n) is 9.74. The van der Waals surface area contributed by atoms with Crippen LogP contribution in [0.5, 0.6) is 5.75 Å². The fraction of sp³-hybridized carbons (Fsp3) is 0.273. The first-order chi connectivity index (χ1) is 14.6. The molecule has 0 N–H and O–H groups in total. The summed E-state index contributed by atoms with van der Waals surface area (Å²) in [7, 11) is 0. The lowest BCUT2D eigenvalue weighted by atomic mass is 10.1. The van der Waals surface area contributed by atoms with Gasteiger partial charge in [0.05, 0.1) is 17.9 Å². The number of para-hydroxylation sites is 1. The summed E-state index contributed by atoms with van der Waals surface area (Å²) < 4.78 is 13.2. The molecule has 0 atom stereocenters. The number of nitrogens with zero attached hydrogens (tertiary/aromatic N) is 5. The zero-order valence-corrected chi connectivity index (χ0v) is 18.2. The third kappa shape index (κ3) is 4.09. The van der Waals surface area contributed by atoms with Crippen molar-refractivity contribution in [2.45, 2.75) is 38.6 Å². The predicted octanol–water partition coefficient (Wildman–Crippen LogP) is 4.93. The molecule has 0 aliphatic heterocycles. The molecule has 0 spiro atoms. The normalized spacial score (nSPS) is 11.1. The van der Waals surface area contributed by atoms with E-state index in [0.29, 0.717) is 24.1 Å². The highest BCUT2D eigenvalue weighted by molar-refractivity contribution is 7.98. The molecule has 0 aliphatic carbocycles. The van der Waals surface area contributed by atoms with E-state index >= 15 is 0 Å². The molecule has 4 aromatic rings. The molecular weight excluding hydrogens is 398 g/mol. The summed E-state index contributed by atoms with van der Waals surface area (Å²) in [4.78, 5) is 4.54. The minimum Gasteiger partial charge on any atom is -0.493 e. The smallest absolute Gasteiger partial charge is 0.237 e. The first kappa shape index (κ1) is 20.2. The van der Waals surface area contributed by atoms with Gasteiger partial charge in [0.2, 0.25) is 11.7 Å². The molecule has 0 bridgehead atoms. The van der Waals surface area contributed by atoms with E-state index in [9.17, 15) is 0 Å². The van der Waals surface area contributed by atoms with Crippen LogP contribution >= 0.6 is 11.8 Å². The zero-order chi connectivity index (χ0) is 21.1. The van der Waals surface area contributed by atoms with Gasteiger partial charge in [-0.1, -0.05) is 35.1 Å². The largest absolute Gasteiger partial charge is 0.493 e. The summed E-state index contributed by atoms with van der Waals surface area (Å²) in [5.41, 5.74) is 4.34. The fourth-order valence-electron chi connectivity index (χ4n) is 3.08. The molecule has 30 heavy (non-hydrogen) atoms. The highest BCUT2D eigenvalue weighted by Crippen LogP contribution is 2.29. The van der Waals surface area contributed by atoms with Crippen LogP contribution in [0.3, 0.4) is 0 Å². The molecule has 0 amide bonds. The number of aryl methyl sites for hydroxylation is 3. The van der Waals surface area contributed by atoms with E-state index < -0.39 is 0 Å². The lowest BCUT2D eigenvalue weighted by molar-refractivity contribution is 0.341. The average Bonchev–Trinajstić information content (AvgIpc) is 3.36. The minimum atomic E-state index is 0.493. The quantitative estimate of drug-likeness (QED) is 0.391. The topological polar surface area (TPSA) is 78.9 Å². The molecular formula is C22H23N5O2S. The summed E-state index contributed by atoms with van der Waals surface area (Å²) in [6.07, 6.45) is 0. The van der Waals surface area contributed by atoms with Crippen LogP contribution in [0.2, 0.25) is 0 Å². The Morgan fingerprint density at radius 2 is 1.87 bits per heavy atom. The molecule has 0 saturated carbocycles. The molecule has 0 fully saturated rings. The van der Waals surface area contributed by atoms with Crippen molar-refractivity contribution in [1.82, 2.24) is 24.9 Å². The van der Waals surface area contributed by atoms with Crippen LogP contribution < -0.4 is 4.74 Å². The molecule has 8 heteroatoms. The van der Waals surface area contributed by atoms with E-state index in [-0.39, 0.29) is 0 Å². The minimum absolute atomic E-state index is 0.493. The van der Waals surface area contributed by atoms with Crippen molar-refractivity contribution in [1.29, 1.82) is 0 Å². The molecule has 7 nitrogen and oxygen atoms in total. The molecule has 4 rings (SSSR count). The van der Waals surface area contributed by atoms with E-state index in [1.165, 1.54) is 22.9 Å². The second-order valence-corrected chi connectivity index (χ2v) is 7.81. The summed E-state index contributed by atoms with van der Waals surface area (Å²) in [5.74, 6) is 3.10. The fourth-order valence-corrected chi connectivity index (χ4v) is 3.92. The molecule has 2 heterocycles. The maximum Gasteiger partial charge on any atom is 0.237 e. The van der Waals surface area contributed by atoms with Crippen LogP contribution in [0.4, 0.5) is 0 Å². The SMILES string of the molecule is CCOc1ccccc1-c1noc(CSc2nnc(C)n2-c2ccc(C)c(C)c2)n1. The Kier molecular flexibility index (Phi) is 5.85. The highest BCUT2D eigenvalue weighted by Gasteiger charge is 2.16. The Labute approximate surface area is 179 Å². The lowest BCUT2D eigenvalue weighted by Gasteiger charge is -2.10. The van der Waals surface area contributed by atoms with Gasteiger partial charge in [0.1, 0.15) is 11.6 Å². The van der Waals surface area contributed by atoms with Crippen LogP contribution in [-0.2, 0) is 5.75 Å². The predicted molar refractivity (Wildman–Crippen MR) is 116 cm³/mol. The third-order valence-corrected chi connectivity index (χ3v) is 5.68. The van der Waals surface area contributed by atoms with Crippen LogP contribution in [0.15, 0.2) is 52.1 Å². The Bertz CT molecular complexity index is 1170. The van der Waals surface area contributed by atoms with Gasteiger partial charge in [-0.15, -0.1) is 10.2 Å². The maximum absolute atomic E-state index is 5.67. The summed E-state index contributed by atoms with van der Waals surface area (Å²) in [6, 6.07) is 14.0. The second-order valence-electron chi connectivity index (χ2n) is 6.86. The van der Waals surface area contributed by atoms with Gasteiger partial charge in [-0.25, -0.2) is 0 Å². The van der Waals surface area contributed by atoms with Crippen molar-refractivity contribution in [3.8, 4) is 22.8 Å². The number of thioether (sulfide) groups is 1. The highest BCUT2D eigenvalue weighted by atomic mass is 32.2. The van der Waals surface area contributed by atoms with Gasteiger partial charge in [-0.2, -0.15) is 4.98 Å². The first-order valence-corrected chi connectivity index (χ1v) is 10.7. The Hall–Kier alpha value is -3.13. The van der Waals surface area contributed by atoms with Crippen molar-refractivity contribution in [2.75, 3.05) is 6.61 Å². The zero-order valence-electron chi connectivity index (χ0n) is 17.4. The van der Waals surface area contributed by atoms with Crippen LogP contribution in [0.1, 0.15) is 29.8 Å². The second kappa shape index (κ2) is 8.71. The molecule has 0 radical (unpaired) electrons. The van der Waals surface area contributed by atoms with Crippen molar-refractivity contribution in [3.63, 3.8) is 0 Å². The van der Waals surface area contributed by atoms with Gasteiger partial charge < -0.3 is 9.26 Å². The van der Waals surface area contributed by atoms with Gasteiger partial charge in [0.15, 0.2) is 5.16 Å². The van der Waals surface area contributed by atoms with Crippen LogP contribution in [0, 0.1) is 20.8 Å². The van der Waals surface area contributed by atoms with Gasteiger partial charge in [0, 0.05) is 5.69 Å². The summed E-state index contributed by atoms with van der Waals surface area (Å²) in [6.45, 7) is 8.67. The molecule has 2 aromatic carbocycles. The van der Waals surface area contributed by atoms with Crippen molar-refractivity contribution in [2.24, 2.45) is 0 Å². The summed E-state index contributed by atoms with van der Waals surface area (Å²) >= 11 is 1.51. The third-order valence-electron chi connectivity index (χ3n) is 4.76. The Morgan fingerprint density at radius 1 is 1.03 bits per heavy atom. The van der Waals surface area contributed by atoms with Gasteiger partial charge in [-0.3, -0.25) is 4.57 Å². The number of hydrogen-bond donors (Lipinski definition) is 0. The number of aromatic nitrogens is 5. The van der Waals surface area contributed by atoms with Crippen LogP contribution in [0.25, 0.3) is 17.1 Å². The molecule has 0 aliphatic rings. The van der Waals surface area contributed by atoms with Crippen molar-refractivity contribution < 1.29 is 9.26 Å². The average molecular weight is 422 g/mol. The Morgan fingerprint density at radius 3 is 2.67 bits per heavy atom. The van der Waals surface area contributed by atoms with Crippen molar-refractivity contribution >= 4 is 11.8 Å². The number of ether oxygens (including phenoxy) is 1. The molecule has 2 aromatic heterocycles. The van der Waals surface area contributed by atoms with E-state index in [1.807, 2.05) is 42.7 Å². The molecule has 0 saturated heterocycles. The number of rotatable bonds is 7. The van der Waals surface area contributed by atoms with Gasteiger partial charge >= 0.3 is 0 Å². The number of benzene rings is 2. The van der Waals surface area contributed by atoms with Gasteiger partial charge in [0.25, 0.3) is 0 Å². The lowest BCUT2D eigenvalue weighted by Crippen LogP contribution is -2.00. The van der Waals surface area contributed by atoms with E-state index in [4.69, 9.17) is 9.26 Å². The number of hydrogen-bond acceptors (Lipinski definition) is 7. The monoisotopic (exact) mass is 421 g/mol. The van der Waals surface area contributed by atoms with E-state index in [0.717, 1.165) is 28.0 Å². The van der Waals surface area contributed by atoms with Crippen molar-refractivity contribution in [3.05, 3.63) is 65.3 Å².